The van der Waals surface area contributed by atoms with E-state index >= 15 is 0 Å². The van der Waals surface area contributed by atoms with Crippen LogP contribution in [0.1, 0.15) is 22.3 Å². The summed E-state index contributed by atoms with van der Waals surface area (Å²) in [4.78, 5) is 2.34. The molecule has 0 heterocycles. The van der Waals surface area contributed by atoms with E-state index in [0.29, 0.717) is 0 Å². The van der Waals surface area contributed by atoms with Gasteiger partial charge in [-0.2, -0.15) is 0 Å². The van der Waals surface area contributed by atoms with Gasteiger partial charge in [0.2, 0.25) is 0 Å². The maximum absolute atomic E-state index is 2.34. The van der Waals surface area contributed by atoms with Crippen LogP contribution in [0.15, 0.2) is 212 Å². The Morgan fingerprint density at radius 2 is 0.633 bits per heavy atom. The molecule has 49 heavy (non-hydrogen) atoms. The average Bonchev–Trinajstić information content (AvgIpc) is 3.17. The van der Waals surface area contributed by atoms with Gasteiger partial charge in [0.05, 0.1) is 5.69 Å². The summed E-state index contributed by atoms with van der Waals surface area (Å²) in [5.74, 6) is 0. The van der Waals surface area contributed by atoms with E-state index in [0.717, 1.165) is 28.2 Å². The van der Waals surface area contributed by atoms with Gasteiger partial charge in [0.25, 0.3) is 0 Å². The van der Waals surface area contributed by atoms with Crippen molar-refractivity contribution >= 4 is 41.4 Å². The number of hydrogen-bond acceptors (Lipinski definition) is 1. The molecule has 0 amide bonds. The zero-order valence-electron chi connectivity index (χ0n) is 27.5. The summed E-state index contributed by atoms with van der Waals surface area (Å²) in [7, 11) is 0. The summed E-state index contributed by atoms with van der Waals surface area (Å²) in [5, 5.41) is 0. The number of benzene rings is 6. The standard InChI is InChI=1S/C48H39N/c1(8-20-40-22-12-5-13-23-40)3-10-26-42-32-36-45(37-33-42)49(48-31-19-18-30-47(48)44-28-16-7-17-29-44)46-38-34-43(35-39-46)27-11-4-2-9-21-41-24-14-6-15-25-41/h1-39H. The van der Waals surface area contributed by atoms with Crippen LogP contribution in [0.2, 0.25) is 0 Å². The predicted molar refractivity (Wildman–Crippen MR) is 214 cm³/mol. The summed E-state index contributed by atoms with van der Waals surface area (Å²) in [6.07, 6.45) is 25.0. The van der Waals surface area contributed by atoms with Gasteiger partial charge in [-0.1, -0.05) is 206 Å². The van der Waals surface area contributed by atoms with Gasteiger partial charge < -0.3 is 4.90 Å². The van der Waals surface area contributed by atoms with Crippen molar-refractivity contribution in [3.63, 3.8) is 0 Å². The number of anilines is 3. The van der Waals surface area contributed by atoms with Crippen LogP contribution in [0.5, 0.6) is 0 Å². The Balaban J connectivity index is 1.22. The van der Waals surface area contributed by atoms with E-state index in [-0.39, 0.29) is 0 Å². The van der Waals surface area contributed by atoms with Crippen LogP contribution in [-0.4, -0.2) is 0 Å². The van der Waals surface area contributed by atoms with E-state index in [2.05, 4.69) is 205 Å². The first-order valence-electron chi connectivity index (χ1n) is 16.6. The highest BCUT2D eigenvalue weighted by molar-refractivity contribution is 5.88. The fourth-order valence-electron chi connectivity index (χ4n) is 5.48. The Kier molecular flexibility index (Phi) is 11.6. The summed E-state index contributed by atoms with van der Waals surface area (Å²) in [6, 6.07) is 57.3. The van der Waals surface area contributed by atoms with Gasteiger partial charge in [-0.15, -0.1) is 0 Å². The highest BCUT2D eigenvalue weighted by atomic mass is 15.1. The maximum Gasteiger partial charge on any atom is 0.0540 e. The number of para-hydroxylation sites is 1. The largest absolute Gasteiger partial charge is 0.310 e. The molecule has 0 bridgehead atoms. The molecule has 0 saturated carbocycles. The molecule has 0 fully saturated rings. The van der Waals surface area contributed by atoms with Gasteiger partial charge in [0.1, 0.15) is 0 Å². The third-order valence-electron chi connectivity index (χ3n) is 7.95. The van der Waals surface area contributed by atoms with Crippen molar-refractivity contribution in [2.75, 3.05) is 4.90 Å². The molecule has 6 aromatic rings. The third kappa shape index (κ3) is 9.54. The van der Waals surface area contributed by atoms with Crippen molar-refractivity contribution in [3.8, 4) is 11.1 Å². The highest BCUT2D eigenvalue weighted by Crippen LogP contribution is 2.40. The van der Waals surface area contributed by atoms with Gasteiger partial charge in [0.15, 0.2) is 0 Å². The Morgan fingerprint density at radius 3 is 1.06 bits per heavy atom. The van der Waals surface area contributed by atoms with E-state index in [9.17, 15) is 0 Å². The lowest BCUT2D eigenvalue weighted by Crippen LogP contribution is -2.11. The average molecular weight is 630 g/mol. The molecular formula is C48H39N. The van der Waals surface area contributed by atoms with Crippen LogP contribution in [0.3, 0.4) is 0 Å². The second-order valence-corrected chi connectivity index (χ2v) is 11.4. The molecule has 6 rings (SSSR count). The normalized spacial score (nSPS) is 12.0. The van der Waals surface area contributed by atoms with Crippen LogP contribution < -0.4 is 4.90 Å². The lowest BCUT2D eigenvalue weighted by atomic mass is 10.0. The minimum Gasteiger partial charge on any atom is -0.310 e. The van der Waals surface area contributed by atoms with E-state index in [1.54, 1.807) is 0 Å². The smallest absolute Gasteiger partial charge is 0.0540 e. The van der Waals surface area contributed by atoms with Crippen LogP contribution in [0.25, 0.3) is 35.4 Å². The second kappa shape index (κ2) is 17.5. The maximum atomic E-state index is 2.34. The molecule has 0 aliphatic carbocycles. The van der Waals surface area contributed by atoms with Crippen molar-refractivity contribution < 1.29 is 0 Å². The van der Waals surface area contributed by atoms with Crippen LogP contribution in [0, 0.1) is 0 Å². The number of hydrogen-bond donors (Lipinski definition) is 0. The summed E-state index contributed by atoms with van der Waals surface area (Å²) in [6.45, 7) is 0. The Morgan fingerprint density at radius 1 is 0.286 bits per heavy atom. The first kappa shape index (κ1) is 32.5. The topological polar surface area (TPSA) is 3.24 Å². The molecule has 1 nitrogen and oxygen atoms in total. The minimum absolute atomic E-state index is 1.10. The number of nitrogens with zero attached hydrogens (tertiary/aromatic N) is 1. The van der Waals surface area contributed by atoms with Crippen molar-refractivity contribution in [1.82, 2.24) is 0 Å². The highest BCUT2D eigenvalue weighted by Gasteiger charge is 2.16. The van der Waals surface area contributed by atoms with Crippen LogP contribution >= 0.6 is 0 Å². The Labute approximate surface area is 291 Å². The summed E-state index contributed by atoms with van der Waals surface area (Å²) >= 11 is 0. The van der Waals surface area contributed by atoms with Crippen molar-refractivity contribution in [2.45, 2.75) is 0 Å². The molecule has 0 aromatic heterocycles. The summed E-state index contributed by atoms with van der Waals surface area (Å²) in [5.41, 5.74) is 10.3. The first-order chi connectivity index (χ1) is 24.3. The predicted octanol–water partition coefficient (Wildman–Crippen LogP) is 13.4. The van der Waals surface area contributed by atoms with Crippen molar-refractivity contribution in [2.24, 2.45) is 0 Å². The molecule has 0 unspecified atom stereocenters. The molecule has 236 valence electrons. The Hall–Kier alpha value is -6.44. The molecule has 6 aromatic carbocycles. The van der Waals surface area contributed by atoms with Gasteiger partial charge in [-0.3, -0.25) is 0 Å². The molecule has 0 aliphatic rings. The molecule has 0 saturated heterocycles. The van der Waals surface area contributed by atoms with E-state index in [1.165, 1.54) is 22.3 Å². The van der Waals surface area contributed by atoms with E-state index < -0.39 is 0 Å². The lowest BCUT2D eigenvalue weighted by Gasteiger charge is -2.28. The molecule has 0 N–H and O–H groups in total. The van der Waals surface area contributed by atoms with Gasteiger partial charge in [0, 0.05) is 16.9 Å². The fourth-order valence-corrected chi connectivity index (χ4v) is 5.48. The third-order valence-corrected chi connectivity index (χ3v) is 7.95. The quantitative estimate of drug-likeness (QED) is 0.122. The second-order valence-electron chi connectivity index (χ2n) is 11.4. The van der Waals surface area contributed by atoms with Gasteiger partial charge in [-0.05, 0) is 58.1 Å². The molecule has 0 atom stereocenters. The number of rotatable bonds is 12. The molecule has 1 heteroatoms. The molecule has 0 aliphatic heterocycles. The molecular weight excluding hydrogens is 591 g/mol. The summed E-state index contributed by atoms with van der Waals surface area (Å²) < 4.78 is 0. The SMILES string of the molecule is C(=CC=Cc1ccc(N(c2ccc(C=CC=CC=Cc3ccccc3)cc2)c2ccccc2-c2ccccc2)cc1)C=Cc1ccccc1. The monoisotopic (exact) mass is 629 g/mol. The first-order valence-corrected chi connectivity index (χ1v) is 16.6. The lowest BCUT2D eigenvalue weighted by molar-refractivity contribution is 1.28. The van der Waals surface area contributed by atoms with E-state index in [4.69, 9.17) is 0 Å². The Bertz CT molecular complexity index is 1950. The fraction of sp³-hybridized carbons (Fsp3) is 0. The zero-order valence-corrected chi connectivity index (χ0v) is 27.5. The number of allylic oxidation sites excluding steroid dienone is 8. The van der Waals surface area contributed by atoms with Gasteiger partial charge in [-0.25, -0.2) is 0 Å². The zero-order chi connectivity index (χ0) is 33.4. The molecule has 0 radical (unpaired) electrons. The van der Waals surface area contributed by atoms with E-state index in [1.807, 2.05) is 36.4 Å². The van der Waals surface area contributed by atoms with Crippen LogP contribution in [0.4, 0.5) is 17.1 Å². The van der Waals surface area contributed by atoms with Crippen molar-refractivity contribution in [3.05, 3.63) is 235 Å². The molecule has 0 spiro atoms. The van der Waals surface area contributed by atoms with Crippen LogP contribution in [-0.2, 0) is 0 Å². The minimum atomic E-state index is 1.10. The van der Waals surface area contributed by atoms with Gasteiger partial charge >= 0.3 is 0 Å². The van der Waals surface area contributed by atoms with Crippen molar-refractivity contribution in [1.29, 1.82) is 0 Å².